The number of pyridine rings is 1. The Kier molecular flexibility index (Phi) is 4.07. The molecule has 0 saturated heterocycles. The van der Waals surface area contributed by atoms with Crippen LogP contribution in [0.4, 0.5) is 13.2 Å². The molecule has 0 bridgehead atoms. The third-order valence-electron chi connectivity index (χ3n) is 3.29. The van der Waals surface area contributed by atoms with Crippen molar-refractivity contribution in [3.05, 3.63) is 54.6 Å². The zero-order valence-corrected chi connectivity index (χ0v) is 13.6. The second kappa shape index (κ2) is 5.96. The summed E-state index contributed by atoms with van der Waals surface area (Å²) in [6, 6.07) is 8.47. The Bertz CT molecular complexity index is 998. The summed E-state index contributed by atoms with van der Waals surface area (Å²) >= 11 is 0. The summed E-state index contributed by atoms with van der Waals surface area (Å²) < 4.78 is 63.0. The third kappa shape index (κ3) is 3.53. The van der Waals surface area contributed by atoms with Gasteiger partial charge in [0.05, 0.1) is 16.8 Å². The molecule has 130 valence electrons. The molecule has 0 N–H and O–H groups in total. The van der Waals surface area contributed by atoms with Crippen LogP contribution in [0.3, 0.4) is 0 Å². The summed E-state index contributed by atoms with van der Waals surface area (Å²) in [6.45, 7) is 0. The highest BCUT2D eigenvalue weighted by Gasteiger charge is 2.37. The second-order valence-electron chi connectivity index (χ2n) is 5.18. The Labute approximate surface area is 140 Å². The third-order valence-corrected chi connectivity index (χ3v) is 4.42. The standard InChI is InChI=1S/C15H11F3N4O2S/c1-25(23,24)12-6-4-10(5-7-12)13-20-14(15(16,17)18)21-22(13)11-3-2-8-19-9-11/h2-9H,1H3. The van der Waals surface area contributed by atoms with E-state index in [0.717, 1.165) is 10.9 Å². The van der Waals surface area contributed by atoms with Gasteiger partial charge in [-0.25, -0.2) is 18.1 Å². The Morgan fingerprint density at radius 3 is 2.28 bits per heavy atom. The Balaban J connectivity index is 2.16. The van der Waals surface area contributed by atoms with Crippen LogP contribution in [-0.4, -0.2) is 34.4 Å². The van der Waals surface area contributed by atoms with E-state index in [4.69, 9.17) is 0 Å². The van der Waals surface area contributed by atoms with E-state index in [0.29, 0.717) is 11.3 Å². The maximum absolute atomic E-state index is 13.0. The molecule has 0 unspecified atom stereocenters. The van der Waals surface area contributed by atoms with Crippen molar-refractivity contribution in [2.75, 3.05) is 6.26 Å². The monoisotopic (exact) mass is 368 g/mol. The summed E-state index contributed by atoms with van der Waals surface area (Å²) in [4.78, 5) is 7.49. The number of sulfone groups is 1. The van der Waals surface area contributed by atoms with Gasteiger partial charge in [0.2, 0.25) is 0 Å². The van der Waals surface area contributed by atoms with E-state index in [2.05, 4.69) is 15.1 Å². The van der Waals surface area contributed by atoms with Gasteiger partial charge < -0.3 is 0 Å². The van der Waals surface area contributed by atoms with Crippen LogP contribution in [-0.2, 0) is 16.0 Å². The first kappa shape index (κ1) is 17.1. The fourth-order valence-corrected chi connectivity index (χ4v) is 2.76. The predicted molar refractivity (Wildman–Crippen MR) is 82.7 cm³/mol. The number of nitrogens with zero attached hydrogens (tertiary/aromatic N) is 4. The predicted octanol–water partition coefficient (Wildman–Crippen LogP) is 2.75. The van der Waals surface area contributed by atoms with Crippen molar-refractivity contribution in [2.24, 2.45) is 0 Å². The van der Waals surface area contributed by atoms with Gasteiger partial charge in [-0.15, -0.1) is 5.10 Å². The van der Waals surface area contributed by atoms with Crippen molar-refractivity contribution in [2.45, 2.75) is 11.1 Å². The number of hydrogen-bond donors (Lipinski definition) is 0. The van der Waals surface area contributed by atoms with Gasteiger partial charge in [0.1, 0.15) is 0 Å². The zero-order valence-electron chi connectivity index (χ0n) is 12.8. The van der Waals surface area contributed by atoms with Crippen LogP contribution >= 0.6 is 0 Å². The molecule has 0 atom stereocenters. The molecule has 3 rings (SSSR count). The molecule has 6 nitrogen and oxygen atoms in total. The second-order valence-corrected chi connectivity index (χ2v) is 7.19. The van der Waals surface area contributed by atoms with Gasteiger partial charge in [0.15, 0.2) is 15.7 Å². The first-order chi connectivity index (χ1) is 11.7. The molecule has 0 amide bonds. The molecule has 0 aliphatic rings. The normalized spacial score (nSPS) is 12.3. The first-order valence-electron chi connectivity index (χ1n) is 6.91. The Morgan fingerprint density at radius 1 is 1.08 bits per heavy atom. The molecule has 0 fully saturated rings. The molecule has 0 spiro atoms. The summed E-state index contributed by atoms with van der Waals surface area (Å²) in [5.74, 6) is -1.36. The molecule has 2 heterocycles. The van der Waals surface area contributed by atoms with E-state index in [-0.39, 0.29) is 10.7 Å². The molecule has 0 aliphatic carbocycles. The number of halogens is 3. The van der Waals surface area contributed by atoms with Crippen LogP contribution in [0.25, 0.3) is 17.1 Å². The van der Waals surface area contributed by atoms with Gasteiger partial charge in [-0.1, -0.05) is 0 Å². The highest BCUT2D eigenvalue weighted by Crippen LogP contribution is 2.30. The number of rotatable bonds is 3. The van der Waals surface area contributed by atoms with Crippen molar-refractivity contribution >= 4 is 9.84 Å². The van der Waals surface area contributed by atoms with Crippen LogP contribution in [0.15, 0.2) is 53.7 Å². The SMILES string of the molecule is CS(=O)(=O)c1ccc(-c2nc(C(F)(F)F)nn2-c2cccnc2)cc1. The van der Waals surface area contributed by atoms with Crippen LogP contribution in [0.2, 0.25) is 0 Å². The van der Waals surface area contributed by atoms with Crippen LogP contribution in [0, 0.1) is 0 Å². The number of alkyl halides is 3. The lowest BCUT2D eigenvalue weighted by Crippen LogP contribution is -2.08. The van der Waals surface area contributed by atoms with E-state index in [1.807, 2.05) is 0 Å². The van der Waals surface area contributed by atoms with Crippen molar-refractivity contribution in [1.29, 1.82) is 0 Å². The molecule has 0 radical (unpaired) electrons. The molecule has 2 aromatic heterocycles. The van der Waals surface area contributed by atoms with E-state index >= 15 is 0 Å². The average molecular weight is 368 g/mol. The van der Waals surface area contributed by atoms with Crippen molar-refractivity contribution in [3.63, 3.8) is 0 Å². The number of aromatic nitrogens is 4. The lowest BCUT2D eigenvalue weighted by molar-refractivity contribution is -0.144. The topological polar surface area (TPSA) is 77.7 Å². The van der Waals surface area contributed by atoms with Gasteiger partial charge in [-0.05, 0) is 36.4 Å². The van der Waals surface area contributed by atoms with E-state index in [9.17, 15) is 21.6 Å². The molecule has 0 aliphatic heterocycles. The average Bonchev–Trinajstić information content (AvgIpc) is 3.00. The summed E-state index contributed by atoms with van der Waals surface area (Å²) in [5, 5.41) is 3.52. The lowest BCUT2D eigenvalue weighted by Gasteiger charge is -2.06. The van der Waals surface area contributed by atoms with Gasteiger partial charge in [-0.3, -0.25) is 4.98 Å². The van der Waals surface area contributed by atoms with E-state index in [1.165, 1.54) is 42.7 Å². The number of hydrogen-bond acceptors (Lipinski definition) is 5. The van der Waals surface area contributed by atoms with E-state index < -0.39 is 21.8 Å². The van der Waals surface area contributed by atoms with E-state index in [1.54, 1.807) is 6.07 Å². The minimum atomic E-state index is -4.71. The highest BCUT2D eigenvalue weighted by atomic mass is 32.2. The molecule has 1 aromatic carbocycles. The fraction of sp³-hybridized carbons (Fsp3) is 0.133. The molecular weight excluding hydrogens is 357 g/mol. The molecular formula is C15H11F3N4O2S. The van der Waals surface area contributed by atoms with Gasteiger partial charge >= 0.3 is 6.18 Å². The minimum Gasteiger partial charge on any atom is -0.262 e. The van der Waals surface area contributed by atoms with Crippen molar-refractivity contribution in [1.82, 2.24) is 19.7 Å². The maximum atomic E-state index is 13.0. The quantitative estimate of drug-likeness (QED) is 0.710. The number of benzene rings is 1. The zero-order chi connectivity index (χ0) is 18.2. The summed E-state index contributed by atoms with van der Waals surface area (Å²) in [5.41, 5.74) is 0.590. The smallest absolute Gasteiger partial charge is 0.262 e. The van der Waals surface area contributed by atoms with Gasteiger partial charge in [-0.2, -0.15) is 13.2 Å². The highest BCUT2D eigenvalue weighted by molar-refractivity contribution is 7.90. The first-order valence-corrected chi connectivity index (χ1v) is 8.80. The van der Waals surface area contributed by atoms with Crippen molar-refractivity contribution < 1.29 is 21.6 Å². The Morgan fingerprint density at radius 2 is 1.76 bits per heavy atom. The molecule has 25 heavy (non-hydrogen) atoms. The van der Waals surface area contributed by atoms with Crippen LogP contribution < -0.4 is 0 Å². The molecule has 0 saturated carbocycles. The van der Waals surface area contributed by atoms with Crippen LogP contribution in [0.1, 0.15) is 5.82 Å². The van der Waals surface area contributed by atoms with Gasteiger partial charge in [0.25, 0.3) is 5.82 Å². The molecule has 3 aromatic rings. The minimum absolute atomic E-state index is 0.0553. The maximum Gasteiger partial charge on any atom is 0.453 e. The summed E-state index contributed by atoms with van der Waals surface area (Å²) in [7, 11) is -3.41. The van der Waals surface area contributed by atoms with Crippen molar-refractivity contribution in [3.8, 4) is 17.1 Å². The van der Waals surface area contributed by atoms with Crippen LogP contribution in [0.5, 0.6) is 0 Å². The Hall–Kier alpha value is -2.75. The molecule has 10 heteroatoms. The summed E-state index contributed by atoms with van der Waals surface area (Å²) in [6.07, 6.45) is -0.842. The van der Waals surface area contributed by atoms with Gasteiger partial charge in [0, 0.05) is 18.0 Å². The lowest BCUT2D eigenvalue weighted by atomic mass is 10.2. The fourth-order valence-electron chi connectivity index (χ4n) is 2.13. The largest absolute Gasteiger partial charge is 0.453 e.